The molecule has 0 bridgehead atoms. The lowest BCUT2D eigenvalue weighted by molar-refractivity contribution is -0.142. The van der Waals surface area contributed by atoms with E-state index in [1.54, 1.807) is 4.90 Å². The Bertz CT molecular complexity index is 943. The molecule has 1 amide bonds. The number of fused-ring (bicyclic) bond motifs is 1. The lowest BCUT2D eigenvalue weighted by Gasteiger charge is -2.33. The molecule has 0 spiro atoms. The average Bonchev–Trinajstić information content (AvgIpc) is 2.98. The first-order valence-electron chi connectivity index (χ1n) is 11.0. The highest BCUT2D eigenvalue weighted by Crippen LogP contribution is 2.37. The van der Waals surface area contributed by atoms with Crippen molar-refractivity contribution >= 4 is 35.2 Å². The molecular formula is C23H28ClN3O4S. The minimum Gasteiger partial charge on any atom is -0.475 e. The predicted molar refractivity (Wildman–Crippen MR) is 123 cm³/mol. The van der Waals surface area contributed by atoms with Gasteiger partial charge in [-0.05, 0) is 55.8 Å². The van der Waals surface area contributed by atoms with Crippen LogP contribution >= 0.6 is 23.4 Å². The second kappa shape index (κ2) is 10.3. The van der Waals surface area contributed by atoms with Crippen LogP contribution in [0.1, 0.15) is 48.9 Å². The first-order valence-corrected chi connectivity index (χ1v) is 12.6. The lowest BCUT2D eigenvalue weighted by atomic mass is 9.76. The number of ether oxygens (including phenoxy) is 2. The largest absolute Gasteiger partial charge is 0.475 e. The molecule has 0 saturated heterocycles. The van der Waals surface area contributed by atoms with E-state index in [0.717, 1.165) is 32.1 Å². The van der Waals surface area contributed by atoms with Crippen LogP contribution in [0.25, 0.3) is 0 Å². The van der Waals surface area contributed by atoms with E-state index < -0.39 is 0 Å². The summed E-state index contributed by atoms with van der Waals surface area (Å²) in [4.78, 5) is 35.1. The van der Waals surface area contributed by atoms with Crippen molar-refractivity contribution in [3.63, 3.8) is 0 Å². The quantitative estimate of drug-likeness (QED) is 0.270. The molecule has 1 unspecified atom stereocenters. The van der Waals surface area contributed by atoms with Crippen molar-refractivity contribution in [3.05, 3.63) is 34.5 Å². The summed E-state index contributed by atoms with van der Waals surface area (Å²) in [6.45, 7) is 0.835. The molecule has 32 heavy (non-hydrogen) atoms. The summed E-state index contributed by atoms with van der Waals surface area (Å²) < 4.78 is 10.5. The van der Waals surface area contributed by atoms with Crippen LogP contribution < -0.4 is 4.74 Å². The fraction of sp³-hybridized carbons (Fsp3) is 0.565. The van der Waals surface area contributed by atoms with Gasteiger partial charge in [0.1, 0.15) is 17.3 Å². The average molecular weight is 478 g/mol. The molecule has 0 radical (unpaired) electrons. The van der Waals surface area contributed by atoms with E-state index in [0.29, 0.717) is 36.6 Å². The van der Waals surface area contributed by atoms with Crippen molar-refractivity contribution in [2.24, 2.45) is 11.8 Å². The van der Waals surface area contributed by atoms with E-state index in [9.17, 15) is 9.59 Å². The van der Waals surface area contributed by atoms with Gasteiger partial charge >= 0.3 is 5.97 Å². The Balaban J connectivity index is 1.39. The Morgan fingerprint density at radius 3 is 2.75 bits per heavy atom. The van der Waals surface area contributed by atoms with Crippen molar-refractivity contribution in [1.82, 2.24) is 14.9 Å². The lowest BCUT2D eigenvalue weighted by Crippen LogP contribution is -2.41. The maximum absolute atomic E-state index is 13.3. The molecule has 1 aromatic rings. The molecule has 7 nitrogen and oxygen atoms in total. The Hall–Kier alpha value is -2.06. The van der Waals surface area contributed by atoms with Crippen LogP contribution in [0.3, 0.4) is 0 Å². The van der Waals surface area contributed by atoms with Crippen LogP contribution in [-0.4, -0.2) is 59.3 Å². The molecular weight excluding hydrogens is 450 g/mol. The Morgan fingerprint density at radius 1 is 1.31 bits per heavy atom. The van der Waals surface area contributed by atoms with Gasteiger partial charge in [-0.3, -0.25) is 9.59 Å². The minimum atomic E-state index is -0.190. The number of rotatable bonds is 5. The predicted octanol–water partition coefficient (Wildman–Crippen LogP) is 4.31. The molecule has 4 rings (SSSR count). The van der Waals surface area contributed by atoms with Gasteiger partial charge in [0.05, 0.1) is 19.7 Å². The minimum absolute atomic E-state index is 0.0484. The molecule has 1 atom stereocenters. The summed E-state index contributed by atoms with van der Waals surface area (Å²) in [5, 5.41) is 0.623. The molecule has 2 heterocycles. The van der Waals surface area contributed by atoms with Crippen molar-refractivity contribution in [1.29, 1.82) is 0 Å². The number of amides is 1. The third-order valence-electron chi connectivity index (χ3n) is 6.55. The van der Waals surface area contributed by atoms with E-state index >= 15 is 0 Å². The van der Waals surface area contributed by atoms with Crippen LogP contribution in [0.5, 0.6) is 5.88 Å². The summed E-state index contributed by atoms with van der Waals surface area (Å²) in [5.41, 5.74) is 1.58. The first kappa shape index (κ1) is 23.1. The highest BCUT2D eigenvalue weighted by molar-refractivity contribution is 7.98. The third-order valence-corrected chi connectivity index (χ3v) is 7.37. The number of halogens is 1. The number of thioether (sulfide) groups is 1. The molecule has 0 aromatic carbocycles. The molecule has 0 N–H and O–H groups in total. The fourth-order valence-electron chi connectivity index (χ4n) is 4.75. The molecule has 3 aliphatic rings. The molecule has 9 heteroatoms. The van der Waals surface area contributed by atoms with Crippen LogP contribution in [0.15, 0.2) is 29.0 Å². The maximum atomic E-state index is 13.3. The number of methoxy groups -OCH3 is 1. The molecule has 2 aliphatic carbocycles. The van der Waals surface area contributed by atoms with Crippen LogP contribution in [0.4, 0.5) is 0 Å². The number of carbonyl (C=O) groups excluding carboxylic acids is 2. The summed E-state index contributed by atoms with van der Waals surface area (Å²) in [6.07, 6.45) is 13.9. The van der Waals surface area contributed by atoms with Crippen molar-refractivity contribution < 1.29 is 19.1 Å². The zero-order valence-corrected chi connectivity index (χ0v) is 20.0. The second-order valence-corrected chi connectivity index (χ2v) is 9.52. The highest BCUT2D eigenvalue weighted by Gasteiger charge is 2.33. The van der Waals surface area contributed by atoms with Gasteiger partial charge in [0.2, 0.25) is 5.88 Å². The van der Waals surface area contributed by atoms with E-state index in [4.69, 9.17) is 21.1 Å². The first-order chi connectivity index (χ1) is 15.5. The number of hydrogen-bond acceptors (Lipinski definition) is 7. The fourth-order valence-corrected chi connectivity index (χ4v) is 5.40. The SMILES string of the molecule is COC(=O)CC1CCC(C2=CCC(N3CCOc4nc(SC)nc(Cl)c4C3=O)C=C2)CC1. The van der Waals surface area contributed by atoms with Gasteiger partial charge in [-0.2, -0.15) is 4.98 Å². The van der Waals surface area contributed by atoms with Crippen molar-refractivity contribution in [2.45, 2.75) is 49.7 Å². The number of carbonyl (C=O) groups is 2. The van der Waals surface area contributed by atoms with Gasteiger partial charge in [-0.1, -0.05) is 41.6 Å². The van der Waals surface area contributed by atoms with E-state index in [1.165, 1.54) is 24.4 Å². The monoisotopic (exact) mass is 477 g/mol. The second-order valence-electron chi connectivity index (χ2n) is 8.39. The number of nitrogens with zero attached hydrogens (tertiary/aromatic N) is 3. The van der Waals surface area contributed by atoms with Crippen molar-refractivity contribution in [3.8, 4) is 5.88 Å². The number of hydrogen-bond donors (Lipinski definition) is 0. The normalized spacial score (nSPS) is 25.5. The molecule has 172 valence electrons. The Kier molecular flexibility index (Phi) is 7.40. The Morgan fingerprint density at radius 2 is 2.09 bits per heavy atom. The molecule has 1 aromatic heterocycles. The third kappa shape index (κ3) is 4.96. The summed E-state index contributed by atoms with van der Waals surface area (Å²) in [7, 11) is 1.45. The topological polar surface area (TPSA) is 81.6 Å². The zero-order chi connectivity index (χ0) is 22.7. The van der Waals surface area contributed by atoms with Gasteiger partial charge in [-0.15, -0.1) is 0 Å². The van der Waals surface area contributed by atoms with Crippen LogP contribution in [-0.2, 0) is 9.53 Å². The summed E-state index contributed by atoms with van der Waals surface area (Å²) >= 11 is 7.68. The van der Waals surface area contributed by atoms with E-state index in [-0.39, 0.29) is 34.5 Å². The van der Waals surface area contributed by atoms with Gasteiger partial charge in [0.25, 0.3) is 5.91 Å². The maximum Gasteiger partial charge on any atom is 0.305 e. The van der Waals surface area contributed by atoms with Crippen LogP contribution in [0.2, 0.25) is 5.15 Å². The van der Waals surface area contributed by atoms with Gasteiger partial charge in [0.15, 0.2) is 5.16 Å². The molecule has 1 saturated carbocycles. The number of aromatic nitrogens is 2. The molecule has 1 aliphatic heterocycles. The van der Waals surface area contributed by atoms with Gasteiger partial charge in [0, 0.05) is 6.42 Å². The van der Waals surface area contributed by atoms with Gasteiger partial charge < -0.3 is 14.4 Å². The number of allylic oxidation sites excluding steroid dienone is 2. The zero-order valence-electron chi connectivity index (χ0n) is 18.4. The number of esters is 1. The van der Waals surface area contributed by atoms with Crippen LogP contribution in [0, 0.1) is 11.8 Å². The van der Waals surface area contributed by atoms with E-state index in [2.05, 4.69) is 28.2 Å². The Labute approximate surface area is 197 Å². The van der Waals surface area contributed by atoms with E-state index in [1.807, 2.05) is 6.26 Å². The van der Waals surface area contributed by atoms with Gasteiger partial charge in [-0.25, -0.2) is 4.98 Å². The van der Waals surface area contributed by atoms with Crippen molar-refractivity contribution in [2.75, 3.05) is 26.5 Å². The summed E-state index contributed by atoms with van der Waals surface area (Å²) in [5.74, 6) is 0.897. The molecule has 1 fully saturated rings. The summed E-state index contributed by atoms with van der Waals surface area (Å²) in [6, 6.07) is -0.0484. The highest BCUT2D eigenvalue weighted by atomic mass is 35.5. The smallest absolute Gasteiger partial charge is 0.305 e. The standard InChI is InChI=1S/C23H28ClN3O4S/c1-30-18(28)13-14-3-5-15(6-4-14)16-7-9-17(10-8-16)27-11-12-31-21-19(22(27)29)20(24)25-23(26-21)32-2/h7-9,14-15,17H,3-6,10-13H2,1-2H3.